The van der Waals surface area contributed by atoms with Crippen molar-refractivity contribution in [2.24, 2.45) is 49.1 Å². The Morgan fingerprint density at radius 2 is 2.00 bits per heavy atom. The fourth-order valence-electron chi connectivity index (χ4n) is 5.51. The van der Waals surface area contributed by atoms with Crippen molar-refractivity contribution in [3.8, 4) is 0 Å². The first-order chi connectivity index (χ1) is 19.7. The number of nitrogens with zero attached hydrogens (tertiary/aromatic N) is 8. The zero-order valence-corrected chi connectivity index (χ0v) is 22.7. The third-order valence-electron chi connectivity index (χ3n) is 7.58. The minimum atomic E-state index is -1.14. The lowest BCUT2D eigenvalue weighted by atomic mass is 9.88. The van der Waals surface area contributed by atoms with Gasteiger partial charge in [0.25, 0.3) is 5.91 Å². The van der Waals surface area contributed by atoms with Gasteiger partial charge in [0.2, 0.25) is 17.6 Å². The molecule has 0 radical (unpaired) electrons. The second-order valence-corrected chi connectivity index (χ2v) is 10.6. The molecule has 41 heavy (non-hydrogen) atoms. The topological polar surface area (TPSA) is 250 Å². The fraction of sp³-hybridized carbons (Fsp3) is 0.545. The van der Waals surface area contributed by atoms with Crippen LogP contribution in [0.15, 0.2) is 59.5 Å². The molecule has 1 spiro atoms. The molecule has 18 nitrogen and oxygen atoms in total. The predicted molar refractivity (Wildman–Crippen MR) is 142 cm³/mol. The van der Waals surface area contributed by atoms with Crippen LogP contribution in [0.2, 0.25) is 0 Å². The maximum atomic E-state index is 13.3. The Morgan fingerprint density at radius 3 is 2.68 bits per heavy atom. The first-order valence-corrected chi connectivity index (χ1v) is 13.2. The molecular formula is C22H31ClN14O4. The molecule has 3 amide bonds. The van der Waals surface area contributed by atoms with Crippen molar-refractivity contribution < 1.29 is 18.8 Å². The summed E-state index contributed by atoms with van der Waals surface area (Å²) in [5, 5.41) is 23.9. The van der Waals surface area contributed by atoms with Crippen LogP contribution in [0.25, 0.3) is 0 Å². The fourth-order valence-corrected chi connectivity index (χ4v) is 5.70. The highest BCUT2D eigenvalue weighted by Crippen LogP contribution is 2.30. The maximum Gasteiger partial charge on any atom is 0.252 e. The standard InChI is InChI=1S/C22H31ClN14O4/c23-16-18(32-34-25)28-17(31-33-24)15(27-16)19(39)29-21-30-22(11-37(21)26)3-5-35(6-4-22)20(40)12-8-14(38)36(9-12)10-13-2-1-7-41-13/h1-2,7,12,15,21,27,30H,3-6,8-11,26H2,(H2,25,32)(H,29,39)(H2,24,28,31). The van der Waals surface area contributed by atoms with Gasteiger partial charge in [-0.15, -0.1) is 10.2 Å². The molecular weight excluding hydrogens is 560 g/mol. The second kappa shape index (κ2) is 11.8. The summed E-state index contributed by atoms with van der Waals surface area (Å²) in [6, 6.07) is 2.43. The highest BCUT2D eigenvalue weighted by molar-refractivity contribution is 6.30. The minimum Gasteiger partial charge on any atom is -0.467 e. The predicted octanol–water partition coefficient (Wildman–Crippen LogP) is -1.44. The Morgan fingerprint density at radius 1 is 1.24 bits per heavy atom. The van der Waals surface area contributed by atoms with Gasteiger partial charge >= 0.3 is 0 Å². The van der Waals surface area contributed by atoms with Gasteiger partial charge in [-0.1, -0.05) is 22.0 Å². The Bertz CT molecular complexity index is 1290. The SMILES string of the molecule is NN=NC1=NC(N=NN)=C(Cl)NC1C(=O)NC1NC2(CCN(C(=O)C3CC(=O)N(Cc4ccco4)C3)CC2)CN1N. The average Bonchev–Trinajstić information content (AvgIpc) is 3.66. The van der Waals surface area contributed by atoms with E-state index in [9.17, 15) is 14.4 Å². The molecule has 1 aromatic heterocycles. The van der Waals surface area contributed by atoms with E-state index in [-0.39, 0.29) is 35.0 Å². The first kappa shape index (κ1) is 28.4. The number of hydrazine groups is 1. The number of carbonyl (C=O) groups excluding carboxylic acids is 3. The van der Waals surface area contributed by atoms with Gasteiger partial charge in [0.15, 0.2) is 17.0 Å². The lowest BCUT2D eigenvalue weighted by Gasteiger charge is -2.40. The van der Waals surface area contributed by atoms with Gasteiger partial charge in [0, 0.05) is 38.1 Å². The molecule has 5 heterocycles. The molecule has 1 aromatic rings. The van der Waals surface area contributed by atoms with E-state index in [4.69, 9.17) is 33.5 Å². The van der Waals surface area contributed by atoms with Gasteiger partial charge < -0.3 is 36.5 Å². The Labute approximate surface area is 239 Å². The van der Waals surface area contributed by atoms with Crippen LogP contribution in [0.5, 0.6) is 0 Å². The van der Waals surface area contributed by atoms with E-state index in [1.54, 1.807) is 28.2 Å². The van der Waals surface area contributed by atoms with Crippen molar-refractivity contribution in [2.75, 3.05) is 26.2 Å². The quantitative estimate of drug-likeness (QED) is 0.0973. The maximum absolute atomic E-state index is 13.3. The van der Waals surface area contributed by atoms with Gasteiger partial charge in [-0.2, -0.15) is 0 Å². The highest BCUT2D eigenvalue weighted by atomic mass is 35.5. The van der Waals surface area contributed by atoms with Crippen molar-refractivity contribution in [1.82, 2.24) is 30.8 Å². The van der Waals surface area contributed by atoms with Crippen molar-refractivity contribution in [1.29, 1.82) is 0 Å². The van der Waals surface area contributed by atoms with E-state index in [0.29, 0.717) is 51.3 Å². The summed E-state index contributed by atoms with van der Waals surface area (Å²) < 4.78 is 5.34. The number of aliphatic imine (C=N–C) groups is 1. The number of amidine groups is 1. The largest absolute Gasteiger partial charge is 0.467 e. The summed E-state index contributed by atoms with van der Waals surface area (Å²) in [4.78, 5) is 46.4. The van der Waals surface area contributed by atoms with Crippen LogP contribution in [-0.4, -0.2) is 82.4 Å². The number of amides is 3. The third-order valence-corrected chi connectivity index (χ3v) is 7.86. The molecule has 0 bridgehead atoms. The van der Waals surface area contributed by atoms with E-state index in [2.05, 4.69) is 41.6 Å². The van der Waals surface area contributed by atoms with Gasteiger partial charge in [0.05, 0.1) is 18.7 Å². The summed E-state index contributed by atoms with van der Waals surface area (Å²) in [6.07, 6.45) is 2.23. The van der Waals surface area contributed by atoms with Crippen LogP contribution in [0.3, 0.4) is 0 Å². The molecule has 3 fully saturated rings. The number of furan rings is 1. The highest BCUT2D eigenvalue weighted by Gasteiger charge is 2.47. The molecule has 3 atom stereocenters. The Kier molecular flexibility index (Phi) is 8.15. The van der Waals surface area contributed by atoms with Crippen molar-refractivity contribution in [3.63, 3.8) is 0 Å². The van der Waals surface area contributed by atoms with Crippen LogP contribution in [-0.2, 0) is 20.9 Å². The van der Waals surface area contributed by atoms with Crippen LogP contribution in [0.1, 0.15) is 25.0 Å². The Balaban J connectivity index is 1.15. The van der Waals surface area contributed by atoms with Gasteiger partial charge in [-0.3, -0.25) is 25.5 Å². The lowest BCUT2D eigenvalue weighted by molar-refractivity contribution is -0.137. The molecule has 9 N–H and O–H groups in total. The average molecular weight is 591 g/mol. The van der Waals surface area contributed by atoms with E-state index in [0.717, 1.165) is 0 Å². The number of hydrogen-bond donors (Lipinski definition) is 6. The summed E-state index contributed by atoms with van der Waals surface area (Å²) in [5.74, 6) is 15.9. The lowest BCUT2D eigenvalue weighted by Crippen LogP contribution is -2.61. The van der Waals surface area contributed by atoms with Crippen molar-refractivity contribution >= 4 is 35.2 Å². The smallest absolute Gasteiger partial charge is 0.252 e. The molecule has 0 saturated carbocycles. The molecule has 3 saturated heterocycles. The van der Waals surface area contributed by atoms with Crippen molar-refractivity contribution in [3.05, 3.63) is 35.1 Å². The molecule has 0 aromatic carbocycles. The van der Waals surface area contributed by atoms with E-state index >= 15 is 0 Å². The number of nitrogens with one attached hydrogen (secondary N) is 3. The van der Waals surface area contributed by atoms with E-state index in [1.165, 1.54) is 5.01 Å². The number of likely N-dealkylation sites (tertiary alicyclic amines) is 2. The summed E-state index contributed by atoms with van der Waals surface area (Å²) >= 11 is 6.12. The van der Waals surface area contributed by atoms with Gasteiger partial charge in [-0.25, -0.2) is 10.0 Å². The molecule has 5 rings (SSSR count). The number of nitrogens with two attached hydrogens (primary N) is 3. The van der Waals surface area contributed by atoms with E-state index in [1.807, 2.05) is 0 Å². The van der Waals surface area contributed by atoms with Gasteiger partial charge in [0.1, 0.15) is 12.0 Å². The molecule has 19 heteroatoms. The van der Waals surface area contributed by atoms with E-state index < -0.39 is 29.7 Å². The molecule has 4 aliphatic rings. The number of carbonyl (C=O) groups is 3. The van der Waals surface area contributed by atoms with Gasteiger partial charge in [-0.05, 0) is 25.0 Å². The van der Waals surface area contributed by atoms with Crippen LogP contribution < -0.4 is 33.5 Å². The van der Waals surface area contributed by atoms with Crippen molar-refractivity contribution in [2.45, 2.75) is 43.7 Å². The molecule has 220 valence electrons. The molecule has 4 aliphatic heterocycles. The summed E-state index contributed by atoms with van der Waals surface area (Å²) in [7, 11) is 0. The normalized spacial score (nSPS) is 26.8. The summed E-state index contributed by atoms with van der Waals surface area (Å²) in [6.45, 7) is 2.12. The minimum absolute atomic E-state index is 0.0367. The number of hydrogen-bond acceptors (Lipinski definition) is 13. The molecule has 3 unspecified atom stereocenters. The van der Waals surface area contributed by atoms with Crippen LogP contribution in [0, 0.1) is 5.92 Å². The number of halogens is 1. The van der Waals surface area contributed by atoms with Crippen LogP contribution in [0.4, 0.5) is 0 Å². The summed E-state index contributed by atoms with van der Waals surface area (Å²) in [5.41, 5.74) is -0.430. The van der Waals surface area contributed by atoms with Crippen LogP contribution >= 0.6 is 11.6 Å². The Hall–Kier alpha value is -4.13. The monoisotopic (exact) mass is 590 g/mol. The number of rotatable bonds is 6. The first-order valence-electron chi connectivity index (χ1n) is 12.9. The zero-order chi connectivity index (χ0) is 29.1. The zero-order valence-electron chi connectivity index (χ0n) is 21.9. The number of piperidine rings is 1. The molecule has 0 aliphatic carbocycles. The second-order valence-electron chi connectivity index (χ2n) is 10.2. The third kappa shape index (κ3) is 5.99.